The van der Waals surface area contributed by atoms with E-state index in [1.807, 2.05) is 0 Å². The minimum Gasteiger partial charge on any atom is -0.449 e. The summed E-state index contributed by atoms with van der Waals surface area (Å²) in [6, 6.07) is 0. The number of unbranched alkanes of at least 4 members (excludes halogenated alkanes) is 22. The SMILES string of the molecule is CCCCCCCCCCCCCCCCOCC(O)CN(C(=O)OCCCCCCCCCCCC)C(C)O. The largest absolute Gasteiger partial charge is 0.449 e. The van der Waals surface area contributed by atoms with Gasteiger partial charge in [-0.05, 0) is 19.8 Å². The van der Waals surface area contributed by atoms with Crippen LogP contribution in [0.4, 0.5) is 4.79 Å². The third kappa shape index (κ3) is 27.3. The number of hydrogen-bond donors (Lipinski definition) is 2. The summed E-state index contributed by atoms with van der Waals surface area (Å²) >= 11 is 0. The molecule has 0 radical (unpaired) electrons. The van der Waals surface area contributed by atoms with Gasteiger partial charge in [0.05, 0.1) is 25.9 Å². The molecule has 0 aliphatic rings. The van der Waals surface area contributed by atoms with Crippen LogP contribution in [0.25, 0.3) is 0 Å². The van der Waals surface area contributed by atoms with Crippen molar-refractivity contribution in [3.63, 3.8) is 0 Å². The highest BCUT2D eigenvalue weighted by Crippen LogP contribution is 2.14. The number of aliphatic hydroxyl groups excluding tert-OH is 2. The van der Waals surface area contributed by atoms with E-state index in [4.69, 9.17) is 9.47 Å². The second-order valence-corrected chi connectivity index (χ2v) is 11.9. The number of carbonyl (C=O) groups is 1. The third-order valence-electron chi connectivity index (χ3n) is 7.77. The van der Waals surface area contributed by atoms with Crippen LogP contribution in [0.5, 0.6) is 0 Å². The molecule has 2 atom stereocenters. The molecule has 0 saturated heterocycles. The van der Waals surface area contributed by atoms with Gasteiger partial charge in [-0.25, -0.2) is 4.79 Å². The molecule has 2 unspecified atom stereocenters. The number of aliphatic hydroxyl groups is 2. The van der Waals surface area contributed by atoms with E-state index in [9.17, 15) is 15.0 Å². The number of rotatable bonds is 31. The normalized spacial score (nSPS) is 12.9. The Hall–Kier alpha value is -0.850. The van der Waals surface area contributed by atoms with Crippen LogP contribution in [-0.2, 0) is 9.47 Å². The molecule has 0 aromatic rings. The van der Waals surface area contributed by atoms with Gasteiger partial charge >= 0.3 is 6.09 Å². The first-order valence-corrected chi connectivity index (χ1v) is 17.4. The van der Waals surface area contributed by atoms with Crippen molar-refractivity contribution in [1.29, 1.82) is 0 Å². The van der Waals surface area contributed by atoms with Gasteiger partial charge in [0.1, 0.15) is 6.23 Å². The van der Waals surface area contributed by atoms with Gasteiger partial charge < -0.3 is 19.7 Å². The maximum atomic E-state index is 12.4. The van der Waals surface area contributed by atoms with Crippen molar-refractivity contribution in [2.45, 2.75) is 187 Å². The van der Waals surface area contributed by atoms with Crippen LogP contribution in [0, 0.1) is 0 Å². The fraction of sp³-hybridized carbons (Fsp3) is 0.971. The minimum atomic E-state index is -1.01. The molecule has 40 heavy (non-hydrogen) atoms. The van der Waals surface area contributed by atoms with Crippen LogP contribution >= 0.6 is 0 Å². The van der Waals surface area contributed by atoms with E-state index >= 15 is 0 Å². The summed E-state index contributed by atoms with van der Waals surface area (Å²) in [6.45, 7) is 7.17. The Labute approximate surface area is 249 Å². The lowest BCUT2D eigenvalue weighted by Crippen LogP contribution is -2.44. The van der Waals surface area contributed by atoms with Crippen molar-refractivity contribution in [2.24, 2.45) is 0 Å². The zero-order valence-corrected chi connectivity index (χ0v) is 27.0. The van der Waals surface area contributed by atoms with Gasteiger partial charge in [-0.3, -0.25) is 4.90 Å². The molecule has 0 heterocycles. The van der Waals surface area contributed by atoms with E-state index in [-0.39, 0.29) is 13.2 Å². The Kier molecular flexibility index (Phi) is 30.4. The Balaban J connectivity index is 3.64. The van der Waals surface area contributed by atoms with Crippen LogP contribution in [0.3, 0.4) is 0 Å². The molecule has 6 nitrogen and oxygen atoms in total. The second kappa shape index (κ2) is 31.1. The molecule has 0 fully saturated rings. The topological polar surface area (TPSA) is 79.2 Å². The Morgan fingerprint density at radius 3 is 1.30 bits per heavy atom. The molecule has 2 N–H and O–H groups in total. The number of amides is 1. The van der Waals surface area contributed by atoms with Gasteiger partial charge in [-0.1, -0.05) is 155 Å². The van der Waals surface area contributed by atoms with Gasteiger partial charge in [0.25, 0.3) is 0 Å². The summed E-state index contributed by atoms with van der Waals surface area (Å²) in [5.74, 6) is 0. The van der Waals surface area contributed by atoms with E-state index in [1.165, 1.54) is 140 Å². The quantitative estimate of drug-likeness (QED) is 0.0640. The summed E-state index contributed by atoms with van der Waals surface area (Å²) in [5, 5.41) is 20.3. The molecule has 0 bridgehead atoms. The fourth-order valence-electron chi connectivity index (χ4n) is 5.11. The maximum absolute atomic E-state index is 12.4. The predicted octanol–water partition coefficient (Wildman–Crippen LogP) is 9.54. The van der Waals surface area contributed by atoms with E-state index in [0.717, 1.165) is 25.7 Å². The van der Waals surface area contributed by atoms with Crippen molar-refractivity contribution in [2.75, 3.05) is 26.4 Å². The first kappa shape index (κ1) is 39.1. The molecule has 0 aromatic heterocycles. The molecule has 0 aliphatic heterocycles. The summed E-state index contributed by atoms with van der Waals surface area (Å²) in [4.78, 5) is 13.6. The molecular weight excluding hydrogens is 502 g/mol. The van der Waals surface area contributed by atoms with Crippen LogP contribution in [0.2, 0.25) is 0 Å². The van der Waals surface area contributed by atoms with Gasteiger partial charge in [0.15, 0.2) is 0 Å². The summed E-state index contributed by atoms with van der Waals surface area (Å²) in [5.41, 5.74) is 0. The van der Waals surface area contributed by atoms with Gasteiger partial charge in [0, 0.05) is 6.61 Å². The zero-order chi connectivity index (χ0) is 29.5. The first-order chi connectivity index (χ1) is 19.5. The number of ether oxygens (including phenoxy) is 2. The van der Waals surface area contributed by atoms with Crippen LogP contribution < -0.4 is 0 Å². The standard InChI is InChI=1S/C34H69NO5/c1-4-6-8-10-12-14-16-17-18-19-20-22-24-26-28-39-31-33(37)30-35(32(3)36)34(38)40-29-27-25-23-21-15-13-11-9-7-5-2/h32-33,36-37H,4-31H2,1-3H3. The van der Waals surface area contributed by atoms with E-state index in [2.05, 4.69) is 13.8 Å². The van der Waals surface area contributed by atoms with Gasteiger partial charge in [-0.15, -0.1) is 0 Å². The fourth-order valence-corrected chi connectivity index (χ4v) is 5.11. The molecule has 1 amide bonds. The minimum absolute atomic E-state index is 0.00721. The van der Waals surface area contributed by atoms with Crippen molar-refractivity contribution in [3.8, 4) is 0 Å². The Bertz CT molecular complexity index is 517. The Morgan fingerprint density at radius 2 is 0.925 bits per heavy atom. The van der Waals surface area contributed by atoms with Gasteiger partial charge in [0.2, 0.25) is 0 Å². The monoisotopic (exact) mass is 572 g/mol. The lowest BCUT2D eigenvalue weighted by atomic mass is 10.0. The summed E-state index contributed by atoms with van der Waals surface area (Å²) in [6.07, 6.45) is 28.3. The smallest absolute Gasteiger partial charge is 0.411 e. The van der Waals surface area contributed by atoms with Gasteiger partial charge in [-0.2, -0.15) is 0 Å². The van der Waals surface area contributed by atoms with E-state index < -0.39 is 18.4 Å². The summed E-state index contributed by atoms with van der Waals surface area (Å²) < 4.78 is 11.0. The van der Waals surface area contributed by atoms with Crippen molar-refractivity contribution >= 4 is 6.09 Å². The average Bonchev–Trinajstić information content (AvgIpc) is 2.94. The van der Waals surface area contributed by atoms with E-state index in [1.54, 1.807) is 0 Å². The maximum Gasteiger partial charge on any atom is 0.411 e. The molecule has 0 rings (SSSR count). The predicted molar refractivity (Wildman–Crippen MR) is 169 cm³/mol. The molecule has 6 heteroatoms. The molecule has 0 spiro atoms. The molecular formula is C34H69NO5. The number of nitrogens with zero attached hydrogens (tertiary/aromatic N) is 1. The number of carbonyl (C=O) groups excluding carboxylic acids is 1. The lowest BCUT2D eigenvalue weighted by molar-refractivity contribution is -0.0326. The zero-order valence-electron chi connectivity index (χ0n) is 27.0. The van der Waals surface area contributed by atoms with E-state index in [0.29, 0.717) is 13.2 Å². The van der Waals surface area contributed by atoms with Crippen molar-refractivity contribution < 1.29 is 24.5 Å². The van der Waals surface area contributed by atoms with Crippen LogP contribution in [-0.4, -0.2) is 59.9 Å². The average molecular weight is 572 g/mol. The highest BCUT2D eigenvalue weighted by Gasteiger charge is 2.23. The lowest BCUT2D eigenvalue weighted by Gasteiger charge is -2.27. The summed E-state index contributed by atoms with van der Waals surface area (Å²) in [7, 11) is 0. The van der Waals surface area contributed by atoms with Crippen molar-refractivity contribution in [1.82, 2.24) is 4.90 Å². The first-order valence-electron chi connectivity index (χ1n) is 17.4. The highest BCUT2D eigenvalue weighted by molar-refractivity contribution is 5.67. The Morgan fingerprint density at radius 1 is 0.575 bits per heavy atom. The van der Waals surface area contributed by atoms with Crippen molar-refractivity contribution in [3.05, 3.63) is 0 Å². The molecule has 240 valence electrons. The van der Waals surface area contributed by atoms with Crippen LogP contribution in [0.15, 0.2) is 0 Å². The molecule has 0 aromatic carbocycles. The second-order valence-electron chi connectivity index (χ2n) is 11.9. The third-order valence-corrected chi connectivity index (χ3v) is 7.77. The molecule has 0 aliphatic carbocycles. The highest BCUT2D eigenvalue weighted by atomic mass is 16.6. The molecule has 0 saturated carbocycles. The van der Waals surface area contributed by atoms with Crippen LogP contribution in [0.1, 0.15) is 175 Å². The number of hydrogen-bond acceptors (Lipinski definition) is 5.